The number of benzene rings is 1. The molecule has 1 aliphatic carbocycles. The Hall–Kier alpha value is -1.26. The van der Waals surface area contributed by atoms with E-state index in [2.05, 4.69) is 28.4 Å². The van der Waals surface area contributed by atoms with Gasteiger partial charge in [0, 0.05) is 32.7 Å². The van der Waals surface area contributed by atoms with E-state index in [1.165, 1.54) is 31.2 Å². The predicted molar refractivity (Wildman–Crippen MR) is 88.9 cm³/mol. The van der Waals surface area contributed by atoms with E-state index in [9.17, 15) is 0 Å². The van der Waals surface area contributed by atoms with Gasteiger partial charge in [-0.3, -0.25) is 0 Å². The van der Waals surface area contributed by atoms with Crippen molar-refractivity contribution in [3.8, 4) is 11.5 Å². The summed E-state index contributed by atoms with van der Waals surface area (Å²) < 4.78 is 11.6. The molecule has 0 unspecified atom stereocenters. The summed E-state index contributed by atoms with van der Waals surface area (Å²) in [6.07, 6.45) is 6.37. The molecule has 0 bridgehead atoms. The lowest BCUT2D eigenvalue weighted by molar-refractivity contribution is 0.200. The van der Waals surface area contributed by atoms with E-state index in [1.807, 2.05) is 0 Å². The average Bonchev–Trinajstić information content (AvgIpc) is 3.08. The second-order valence-corrected chi connectivity index (χ2v) is 6.35. The Morgan fingerprint density at radius 3 is 2.64 bits per heavy atom. The van der Waals surface area contributed by atoms with Crippen molar-refractivity contribution in [2.24, 2.45) is 0 Å². The maximum absolute atomic E-state index is 6.10. The number of hydrogen-bond donors (Lipinski definition) is 1. The Balaban J connectivity index is 1.57. The van der Waals surface area contributed by atoms with Crippen molar-refractivity contribution in [3.63, 3.8) is 0 Å². The van der Waals surface area contributed by atoms with Gasteiger partial charge in [0.2, 0.25) is 0 Å². The topological polar surface area (TPSA) is 33.7 Å². The van der Waals surface area contributed by atoms with Crippen molar-refractivity contribution in [3.05, 3.63) is 23.8 Å². The Bertz CT molecular complexity index is 466. The van der Waals surface area contributed by atoms with Crippen LogP contribution in [0.2, 0.25) is 0 Å². The van der Waals surface area contributed by atoms with E-state index in [1.54, 1.807) is 7.11 Å². The molecule has 3 rings (SSSR count). The fraction of sp³-hybridized carbons (Fsp3) is 0.667. The number of methoxy groups -OCH3 is 1. The maximum atomic E-state index is 6.10. The fourth-order valence-corrected chi connectivity index (χ4v) is 3.37. The Labute approximate surface area is 133 Å². The zero-order valence-electron chi connectivity index (χ0n) is 13.6. The van der Waals surface area contributed by atoms with Crippen LogP contribution in [-0.4, -0.2) is 50.8 Å². The van der Waals surface area contributed by atoms with Crippen molar-refractivity contribution in [2.45, 2.75) is 38.2 Å². The molecule has 2 fully saturated rings. The average molecular weight is 304 g/mol. The molecule has 0 atom stereocenters. The first-order valence-corrected chi connectivity index (χ1v) is 8.62. The van der Waals surface area contributed by atoms with E-state index < -0.39 is 0 Å². The van der Waals surface area contributed by atoms with Crippen molar-refractivity contribution in [1.29, 1.82) is 0 Å². The molecule has 1 N–H and O–H groups in total. The molecule has 22 heavy (non-hydrogen) atoms. The lowest BCUT2D eigenvalue weighted by Crippen LogP contribution is -2.44. The van der Waals surface area contributed by atoms with E-state index >= 15 is 0 Å². The van der Waals surface area contributed by atoms with Crippen LogP contribution >= 0.6 is 0 Å². The highest BCUT2D eigenvalue weighted by Crippen LogP contribution is 2.32. The van der Waals surface area contributed by atoms with Gasteiger partial charge in [-0.15, -0.1) is 0 Å². The van der Waals surface area contributed by atoms with E-state index in [-0.39, 0.29) is 0 Å². The minimum atomic E-state index is 0.376. The number of nitrogens with one attached hydrogen (secondary N) is 1. The zero-order valence-corrected chi connectivity index (χ0v) is 13.6. The summed E-state index contributed by atoms with van der Waals surface area (Å²) in [6, 6.07) is 6.42. The summed E-state index contributed by atoms with van der Waals surface area (Å²) in [7, 11) is 1.73. The second-order valence-electron chi connectivity index (χ2n) is 6.35. The molecule has 122 valence electrons. The van der Waals surface area contributed by atoms with Crippen LogP contribution in [0.1, 0.15) is 31.2 Å². The number of rotatable bonds is 6. The van der Waals surface area contributed by atoms with Crippen LogP contribution in [-0.2, 0) is 6.42 Å². The smallest absolute Gasteiger partial charge is 0.161 e. The molecule has 4 heteroatoms. The van der Waals surface area contributed by atoms with Crippen LogP contribution in [0.15, 0.2) is 18.2 Å². The van der Waals surface area contributed by atoms with Gasteiger partial charge in [-0.25, -0.2) is 0 Å². The Morgan fingerprint density at radius 2 is 1.91 bits per heavy atom. The van der Waals surface area contributed by atoms with Gasteiger partial charge in [-0.2, -0.15) is 0 Å². The molecule has 0 aromatic heterocycles. The van der Waals surface area contributed by atoms with Gasteiger partial charge >= 0.3 is 0 Å². The number of ether oxygens (including phenoxy) is 2. The van der Waals surface area contributed by atoms with Gasteiger partial charge < -0.3 is 19.7 Å². The summed E-state index contributed by atoms with van der Waals surface area (Å²) >= 11 is 0. The monoisotopic (exact) mass is 304 g/mol. The van der Waals surface area contributed by atoms with E-state index in [0.29, 0.717) is 6.10 Å². The second kappa shape index (κ2) is 7.84. The highest BCUT2D eigenvalue weighted by molar-refractivity contribution is 5.43. The fourth-order valence-electron chi connectivity index (χ4n) is 3.37. The van der Waals surface area contributed by atoms with Gasteiger partial charge in [-0.05, 0) is 49.8 Å². The third kappa shape index (κ3) is 4.14. The molecule has 1 aromatic carbocycles. The standard InChI is InChI=1S/C18H28N2O2/c1-21-18-14-15(8-11-20-12-9-19-10-13-20)6-7-17(18)22-16-4-2-3-5-16/h6-7,14,16,19H,2-5,8-13H2,1H3. The van der Waals surface area contributed by atoms with Crippen LogP contribution in [0.25, 0.3) is 0 Å². The van der Waals surface area contributed by atoms with Gasteiger partial charge in [0.1, 0.15) is 0 Å². The van der Waals surface area contributed by atoms with E-state index in [0.717, 1.165) is 50.6 Å². The minimum absolute atomic E-state index is 0.376. The molecule has 1 saturated carbocycles. The number of hydrogen-bond acceptors (Lipinski definition) is 4. The molecule has 2 aliphatic rings. The summed E-state index contributed by atoms with van der Waals surface area (Å²) in [4.78, 5) is 2.52. The molecule has 1 aromatic rings. The first-order chi connectivity index (χ1) is 10.8. The molecule has 1 heterocycles. The van der Waals surface area contributed by atoms with Crippen molar-refractivity contribution in [1.82, 2.24) is 10.2 Å². The molecule has 1 saturated heterocycles. The third-order valence-electron chi connectivity index (χ3n) is 4.75. The highest BCUT2D eigenvalue weighted by atomic mass is 16.5. The molecule has 1 aliphatic heterocycles. The highest BCUT2D eigenvalue weighted by Gasteiger charge is 2.18. The van der Waals surface area contributed by atoms with Crippen LogP contribution in [0.4, 0.5) is 0 Å². The summed E-state index contributed by atoms with van der Waals surface area (Å²) in [6.45, 7) is 5.64. The lowest BCUT2D eigenvalue weighted by Gasteiger charge is -2.27. The zero-order chi connectivity index (χ0) is 15.2. The lowest BCUT2D eigenvalue weighted by atomic mass is 10.1. The molecule has 0 radical (unpaired) electrons. The summed E-state index contributed by atoms with van der Waals surface area (Å²) in [5.41, 5.74) is 1.33. The van der Waals surface area contributed by atoms with Gasteiger partial charge in [0.25, 0.3) is 0 Å². The van der Waals surface area contributed by atoms with Crippen LogP contribution < -0.4 is 14.8 Å². The number of piperazine rings is 1. The van der Waals surface area contributed by atoms with Crippen molar-refractivity contribution < 1.29 is 9.47 Å². The van der Waals surface area contributed by atoms with Gasteiger partial charge in [0.05, 0.1) is 13.2 Å². The first-order valence-electron chi connectivity index (χ1n) is 8.62. The summed E-state index contributed by atoms with van der Waals surface area (Å²) in [5, 5.41) is 3.39. The first kappa shape index (κ1) is 15.6. The molecular formula is C18H28N2O2. The molecular weight excluding hydrogens is 276 g/mol. The van der Waals surface area contributed by atoms with Crippen LogP contribution in [0.3, 0.4) is 0 Å². The quantitative estimate of drug-likeness (QED) is 0.875. The van der Waals surface area contributed by atoms with Gasteiger partial charge in [-0.1, -0.05) is 6.07 Å². The Morgan fingerprint density at radius 1 is 1.14 bits per heavy atom. The van der Waals surface area contributed by atoms with Crippen LogP contribution in [0.5, 0.6) is 11.5 Å². The van der Waals surface area contributed by atoms with Crippen molar-refractivity contribution in [2.75, 3.05) is 39.8 Å². The SMILES string of the molecule is COc1cc(CCN2CCNCC2)ccc1OC1CCCC1. The molecule has 0 spiro atoms. The van der Waals surface area contributed by atoms with Crippen molar-refractivity contribution >= 4 is 0 Å². The van der Waals surface area contributed by atoms with Gasteiger partial charge in [0.15, 0.2) is 11.5 Å². The third-order valence-corrected chi connectivity index (χ3v) is 4.75. The minimum Gasteiger partial charge on any atom is -0.493 e. The maximum Gasteiger partial charge on any atom is 0.161 e. The largest absolute Gasteiger partial charge is 0.493 e. The predicted octanol–water partition coefficient (Wildman–Crippen LogP) is 2.46. The molecule has 4 nitrogen and oxygen atoms in total. The molecule has 0 amide bonds. The van der Waals surface area contributed by atoms with E-state index in [4.69, 9.17) is 9.47 Å². The number of nitrogens with zero attached hydrogens (tertiary/aromatic N) is 1. The Kier molecular flexibility index (Phi) is 5.57. The van der Waals surface area contributed by atoms with Crippen LogP contribution in [0, 0.1) is 0 Å². The summed E-state index contributed by atoms with van der Waals surface area (Å²) in [5.74, 6) is 1.78. The normalized spacial score (nSPS) is 20.2.